The second-order valence-electron chi connectivity index (χ2n) is 5.37. The molecule has 2 aromatic carbocycles. The molecular formula is C18H20O4. The van der Waals surface area contributed by atoms with E-state index in [-0.39, 0.29) is 17.1 Å². The van der Waals surface area contributed by atoms with Crippen molar-refractivity contribution in [3.63, 3.8) is 0 Å². The second-order valence-corrected chi connectivity index (χ2v) is 5.37. The maximum absolute atomic E-state index is 11.5. The summed E-state index contributed by atoms with van der Waals surface area (Å²) in [7, 11) is 0. The van der Waals surface area contributed by atoms with Gasteiger partial charge >= 0.3 is 5.97 Å². The number of aromatic carboxylic acids is 1. The fraction of sp³-hybridized carbons (Fsp3) is 0.278. The Morgan fingerprint density at radius 1 is 1.14 bits per heavy atom. The summed E-state index contributed by atoms with van der Waals surface area (Å²) in [6.45, 7) is 3.89. The van der Waals surface area contributed by atoms with Crippen molar-refractivity contribution < 1.29 is 20.1 Å². The number of hydrogen-bond donors (Lipinski definition) is 3. The predicted octanol–water partition coefficient (Wildman–Crippen LogP) is 4.11. The molecule has 0 heterocycles. The van der Waals surface area contributed by atoms with E-state index in [4.69, 9.17) is 0 Å². The summed E-state index contributed by atoms with van der Waals surface area (Å²) in [5.74, 6) is -1.42. The van der Waals surface area contributed by atoms with Crippen LogP contribution >= 0.6 is 0 Å². The number of hydrogen-bond acceptors (Lipinski definition) is 3. The number of phenolic OH excluding ortho intramolecular Hbond substituents is 1. The molecule has 22 heavy (non-hydrogen) atoms. The molecule has 4 heteroatoms. The maximum atomic E-state index is 11.5. The molecule has 0 aromatic heterocycles. The van der Waals surface area contributed by atoms with E-state index in [9.17, 15) is 20.1 Å². The van der Waals surface area contributed by atoms with Crippen molar-refractivity contribution in [1.29, 1.82) is 0 Å². The van der Waals surface area contributed by atoms with E-state index in [0.29, 0.717) is 11.1 Å². The van der Waals surface area contributed by atoms with Crippen molar-refractivity contribution in [1.82, 2.24) is 0 Å². The van der Waals surface area contributed by atoms with Gasteiger partial charge in [0.05, 0.1) is 0 Å². The van der Waals surface area contributed by atoms with Gasteiger partial charge in [-0.2, -0.15) is 0 Å². The lowest BCUT2D eigenvalue weighted by molar-refractivity contribution is 0.0694. The molecule has 4 nitrogen and oxygen atoms in total. The Morgan fingerprint density at radius 3 is 2.50 bits per heavy atom. The van der Waals surface area contributed by atoms with Gasteiger partial charge in [-0.15, -0.1) is 0 Å². The molecule has 2 aromatic rings. The van der Waals surface area contributed by atoms with Crippen LogP contribution < -0.4 is 0 Å². The molecule has 0 spiro atoms. The highest BCUT2D eigenvalue weighted by molar-refractivity contribution is 6.00. The van der Waals surface area contributed by atoms with Crippen molar-refractivity contribution in [3.8, 4) is 22.6 Å². The molecule has 116 valence electrons. The Morgan fingerprint density at radius 2 is 1.86 bits per heavy atom. The van der Waals surface area contributed by atoms with Gasteiger partial charge < -0.3 is 15.3 Å². The number of carboxylic acids is 1. The number of unbranched alkanes of at least 4 members (excludes halogenated alkanes) is 1. The highest BCUT2D eigenvalue weighted by atomic mass is 16.4. The van der Waals surface area contributed by atoms with Crippen LogP contribution in [0.2, 0.25) is 0 Å². The zero-order valence-electron chi connectivity index (χ0n) is 12.8. The SMILES string of the molecule is CCCCc1ccc(C)c(-c2cccc(O)c2C(=O)O)c1O. The normalized spacial score (nSPS) is 10.6. The van der Waals surface area contributed by atoms with Crippen molar-refractivity contribution in [2.45, 2.75) is 33.1 Å². The van der Waals surface area contributed by atoms with E-state index in [1.54, 1.807) is 12.1 Å². The number of rotatable bonds is 5. The van der Waals surface area contributed by atoms with Gasteiger partial charge in [0.1, 0.15) is 17.1 Å². The van der Waals surface area contributed by atoms with Crippen LogP contribution in [0.4, 0.5) is 0 Å². The maximum Gasteiger partial charge on any atom is 0.340 e. The number of carboxylic acid groups (broad SMARTS) is 1. The lowest BCUT2D eigenvalue weighted by atomic mass is 9.91. The molecule has 0 aliphatic rings. The highest BCUT2D eigenvalue weighted by Gasteiger charge is 2.21. The quantitative estimate of drug-likeness (QED) is 0.776. The Balaban J connectivity index is 2.67. The molecule has 0 aliphatic carbocycles. The molecule has 3 N–H and O–H groups in total. The molecule has 0 atom stereocenters. The van der Waals surface area contributed by atoms with Crippen LogP contribution in [-0.2, 0) is 6.42 Å². The van der Waals surface area contributed by atoms with Gasteiger partial charge in [-0.05, 0) is 37.0 Å². The van der Waals surface area contributed by atoms with E-state index >= 15 is 0 Å². The summed E-state index contributed by atoms with van der Waals surface area (Å²) < 4.78 is 0. The topological polar surface area (TPSA) is 77.8 Å². The number of carbonyl (C=O) groups is 1. The van der Waals surface area contributed by atoms with Gasteiger partial charge in [0.2, 0.25) is 0 Å². The molecule has 0 fully saturated rings. The standard InChI is InChI=1S/C18H20O4/c1-3-4-6-12-10-9-11(2)15(17(12)20)13-7-5-8-14(19)16(13)18(21)22/h5,7-10,19-20H,3-4,6H2,1-2H3,(H,21,22). The third kappa shape index (κ3) is 2.91. The Bertz CT molecular complexity index is 704. The minimum absolute atomic E-state index is 0.0987. The first-order chi connectivity index (χ1) is 10.5. The van der Waals surface area contributed by atoms with E-state index in [1.807, 2.05) is 19.1 Å². The molecule has 2 rings (SSSR count). The Kier molecular flexibility index (Phi) is 4.71. The summed E-state index contributed by atoms with van der Waals surface area (Å²) in [6, 6.07) is 8.26. The smallest absolute Gasteiger partial charge is 0.340 e. The molecule has 0 saturated heterocycles. The third-order valence-corrected chi connectivity index (χ3v) is 3.80. The third-order valence-electron chi connectivity index (χ3n) is 3.80. The minimum atomic E-state index is -1.22. The van der Waals surface area contributed by atoms with E-state index < -0.39 is 5.97 Å². The molecule has 0 aliphatic heterocycles. The fourth-order valence-electron chi connectivity index (χ4n) is 2.62. The molecule has 0 amide bonds. The van der Waals surface area contributed by atoms with Crippen molar-refractivity contribution in [2.75, 3.05) is 0 Å². The lowest BCUT2D eigenvalue weighted by Gasteiger charge is -2.15. The Hall–Kier alpha value is -2.49. The number of aryl methyl sites for hydroxylation is 2. The molecular weight excluding hydrogens is 280 g/mol. The molecule has 0 saturated carbocycles. The van der Waals surface area contributed by atoms with Crippen LogP contribution in [0.3, 0.4) is 0 Å². The zero-order valence-corrected chi connectivity index (χ0v) is 12.8. The summed E-state index contributed by atoms with van der Waals surface area (Å²) in [5, 5.41) is 29.8. The van der Waals surface area contributed by atoms with Crippen molar-refractivity contribution >= 4 is 5.97 Å². The zero-order chi connectivity index (χ0) is 16.3. The van der Waals surface area contributed by atoms with Gasteiger partial charge in [0, 0.05) is 11.1 Å². The lowest BCUT2D eigenvalue weighted by Crippen LogP contribution is -2.02. The van der Waals surface area contributed by atoms with Crippen LogP contribution in [0.25, 0.3) is 11.1 Å². The van der Waals surface area contributed by atoms with Gasteiger partial charge in [-0.1, -0.05) is 37.6 Å². The first-order valence-corrected chi connectivity index (χ1v) is 7.34. The van der Waals surface area contributed by atoms with Crippen molar-refractivity contribution in [3.05, 3.63) is 47.0 Å². The predicted molar refractivity (Wildman–Crippen MR) is 85.5 cm³/mol. The summed E-state index contributed by atoms with van der Waals surface area (Å²) in [4.78, 5) is 11.5. The first kappa shape index (κ1) is 15.9. The second kappa shape index (κ2) is 6.52. The summed E-state index contributed by atoms with van der Waals surface area (Å²) in [6.07, 6.45) is 2.69. The van der Waals surface area contributed by atoms with Crippen molar-refractivity contribution in [2.24, 2.45) is 0 Å². The average molecular weight is 300 g/mol. The van der Waals surface area contributed by atoms with Crippen LogP contribution in [0.1, 0.15) is 41.3 Å². The highest BCUT2D eigenvalue weighted by Crippen LogP contribution is 2.39. The van der Waals surface area contributed by atoms with E-state index in [1.165, 1.54) is 6.07 Å². The van der Waals surface area contributed by atoms with Gasteiger partial charge in [0.25, 0.3) is 0 Å². The number of aromatic hydroxyl groups is 2. The number of phenols is 2. The number of benzene rings is 2. The van der Waals surface area contributed by atoms with Crippen LogP contribution in [0.5, 0.6) is 11.5 Å². The fourth-order valence-corrected chi connectivity index (χ4v) is 2.62. The summed E-state index contributed by atoms with van der Waals surface area (Å²) in [5.41, 5.74) is 2.18. The van der Waals surface area contributed by atoms with Gasteiger partial charge in [0.15, 0.2) is 0 Å². The molecule has 0 bridgehead atoms. The Labute approximate surface area is 129 Å². The average Bonchev–Trinajstić information content (AvgIpc) is 2.46. The minimum Gasteiger partial charge on any atom is -0.507 e. The molecule has 0 unspecified atom stereocenters. The van der Waals surface area contributed by atoms with Crippen LogP contribution in [-0.4, -0.2) is 21.3 Å². The van der Waals surface area contributed by atoms with Crippen LogP contribution in [0.15, 0.2) is 30.3 Å². The first-order valence-electron chi connectivity index (χ1n) is 7.34. The monoisotopic (exact) mass is 300 g/mol. The molecule has 0 radical (unpaired) electrons. The van der Waals surface area contributed by atoms with Crippen LogP contribution in [0, 0.1) is 6.92 Å². The largest absolute Gasteiger partial charge is 0.507 e. The van der Waals surface area contributed by atoms with Gasteiger partial charge in [-0.3, -0.25) is 0 Å². The van der Waals surface area contributed by atoms with Gasteiger partial charge in [-0.25, -0.2) is 4.79 Å². The van der Waals surface area contributed by atoms with E-state index in [2.05, 4.69) is 6.92 Å². The summed E-state index contributed by atoms with van der Waals surface area (Å²) >= 11 is 0. The van der Waals surface area contributed by atoms with E-state index in [0.717, 1.165) is 30.4 Å².